The van der Waals surface area contributed by atoms with Gasteiger partial charge in [-0.2, -0.15) is 4.68 Å². The topological polar surface area (TPSA) is 91.2 Å². The molecule has 0 spiro atoms. The van der Waals surface area contributed by atoms with Crippen LogP contribution in [0.1, 0.15) is 15.9 Å². The quantitative estimate of drug-likeness (QED) is 0.773. The molecule has 1 aliphatic rings. The summed E-state index contributed by atoms with van der Waals surface area (Å²) in [7, 11) is 0. The minimum atomic E-state index is -0.207. The second kappa shape index (κ2) is 6.60. The Balaban J connectivity index is 1.50. The fraction of sp³-hybridized carbons (Fsp3) is 0.176. The van der Waals surface area contributed by atoms with Gasteiger partial charge in [-0.1, -0.05) is 18.2 Å². The van der Waals surface area contributed by atoms with Crippen LogP contribution in [0.15, 0.2) is 48.8 Å². The van der Waals surface area contributed by atoms with Crippen LogP contribution in [-0.4, -0.2) is 39.3 Å². The Morgan fingerprint density at radius 2 is 1.96 bits per heavy atom. The monoisotopic (exact) mass is 337 g/mol. The highest BCUT2D eigenvalue weighted by Gasteiger charge is 2.15. The van der Waals surface area contributed by atoms with E-state index in [0.717, 1.165) is 11.3 Å². The van der Waals surface area contributed by atoms with Crippen LogP contribution in [-0.2, 0) is 6.54 Å². The number of tetrazole rings is 1. The molecule has 0 atom stereocenters. The van der Waals surface area contributed by atoms with E-state index in [0.29, 0.717) is 36.8 Å². The predicted molar refractivity (Wildman–Crippen MR) is 87.8 cm³/mol. The van der Waals surface area contributed by atoms with Crippen LogP contribution in [0.25, 0.3) is 5.69 Å². The lowest BCUT2D eigenvalue weighted by atomic mass is 10.1. The van der Waals surface area contributed by atoms with Gasteiger partial charge in [-0.15, -0.1) is 5.10 Å². The van der Waals surface area contributed by atoms with E-state index in [1.54, 1.807) is 18.2 Å². The summed E-state index contributed by atoms with van der Waals surface area (Å²) in [6.45, 7) is 1.46. The van der Waals surface area contributed by atoms with E-state index in [9.17, 15) is 4.79 Å². The van der Waals surface area contributed by atoms with Crippen LogP contribution in [0.3, 0.4) is 0 Å². The summed E-state index contributed by atoms with van der Waals surface area (Å²) in [4.78, 5) is 12.6. The molecular weight excluding hydrogens is 322 g/mol. The van der Waals surface area contributed by atoms with Gasteiger partial charge < -0.3 is 14.8 Å². The number of fused-ring (bicyclic) bond motifs is 1. The van der Waals surface area contributed by atoms with E-state index in [-0.39, 0.29) is 5.91 Å². The van der Waals surface area contributed by atoms with Crippen molar-refractivity contribution in [2.45, 2.75) is 6.54 Å². The number of aromatic nitrogens is 4. The minimum absolute atomic E-state index is 0.207. The van der Waals surface area contributed by atoms with Gasteiger partial charge in [-0.05, 0) is 40.3 Å². The molecule has 0 bridgehead atoms. The van der Waals surface area contributed by atoms with Gasteiger partial charge in [0.2, 0.25) is 0 Å². The first kappa shape index (κ1) is 15.1. The third-order valence-corrected chi connectivity index (χ3v) is 3.80. The summed E-state index contributed by atoms with van der Waals surface area (Å²) in [5.74, 6) is 1.22. The number of carbonyl (C=O) groups excluding carboxylic acids is 1. The third kappa shape index (κ3) is 3.14. The fourth-order valence-corrected chi connectivity index (χ4v) is 2.61. The molecule has 0 fully saturated rings. The number of hydrogen-bond donors (Lipinski definition) is 1. The van der Waals surface area contributed by atoms with E-state index in [4.69, 9.17) is 9.47 Å². The first-order chi connectivity index (χ1) is 12.3. The number of carbonyl (C=O) groups is 1. The molecular formula is C17H15N5O3. The number of ether oxygens (including phenoxy) is 2. The Kier molecular flexibility index (Phi) is 3.99. The lowest BCUT2D eigenvalue weighted by molar-refractivity contribution is 0.0950. The van der Waals surface area contributed by atoms with Gasteiger partial charge in [0, 0.05) is 6.54 Å². The van der Waals surface area contributed by atoms with Gasteiger partial charge in [-0.3, -0.25) is 4.79 Å². The van der Waals surface area contributed by atoms with Crippen molar-refractivity contribution < 1.29 is 14.3 Å². The molecule has 3 aromatic rings. The Bertz CT molecular complexity index is 895. The van der Waals surface area contributed by atoms with Gasteiger partial charge in [-0.25, -0.2) is 0 Å². The first-order valence-electron chi connectivity index (χ1n) is 7.80. The molecule has 1 aliphatic heterocycles. The summed E-state index contributed by atoms with van der Waals surface area (Å²) >= 11 is 0. The van der Waals surface area contributed by atoms with Crippen LogP contribution in [0, 0.1) is 0 Å². The zero-order valence-corrected chi connectivity index (χ0v) is 13.3. The summed E-state index contributed by atoms with van der Waals surface area (Å²) < 4.78 is 12.5. The van der Waals surface area contributed by atoms with Crippen LogP contribution >= 0.6 is 0 Å². The van der Waals surface area contributed by atoms with Crippen LogP contribution in [0.4, 0.5) is 0 Å². The Morgan fingerprint density at radius 1 is 1.12 bits per heavy atom. The molecule has 4 rings (SSSR count). The van der Waals surface area contributed by atoms with E-state index in [2.05, 4.69) is 20.8 Å². The Labute approximate surface area is 143 Å². The molecule has 0 aliphatic carbocycles. The Morgan fingerprint density at radius 3 is 2.80 bits per heavy atom. The second-order valence-electron chi connectivity index (χ2n) is 5.43. The summed E-state index contributed by atoms with van der Waals surface area (Å²) in [6.07, 6.45) is 1.45. The van der Waals surface area contributed by atoms with Crippen molar-refractivity contribution in [1.82, 2.24) is 25.5 Å². The average molecular weight is 337 g/mol. The van der Waals surface area contributed by atoms with Crippen molar-refractivity contribution in [1.29, 1.82) is 0 Å². The van der Waals surface area contributed by atoms with Crippen molar-refractivity contribution in [2.24, 2.45) is 0 Å². The maximum atomic E-state index is 12.6. The normalized spacial score (nSPS) is 12.6. The summed E-state index contributed by atoms with van der Waals surface area (Å²) in [6, 6.07) is 12.8. The highest BCUT2D eigenvalue weighted by Crippen LogP contribution is 2.30. The zero-order valence-electron chi connectivity index (χ0n) is 13.3. The van der Waals surface area contributed by atoms with Crippen molar-refractivity contribution >= 4 is 5.91 Å². The smallest absolute Gasteiger partial charge is 0.253 e. The minimum Gasteiger partial charge on any atom is -0.486 e. The number of nitrogens with one attached hydrogen (secondary N) is 1. The van der Waals surface area contributed by atoms with Crippen molar-refractivity contribution in [3.05, 3.63) is 59.9 Å². The third-order valence-electron chi connectivity index (χ3n) is 3.80. The molecule has 2 heterocycles. The molecule has 0 saturated carbocycles. The summed E-state index contributed by atoms with van der Waals surface area (Å²) in [5.41, 5.74) is 2.04. The highest BCUT2D eigenvalue weighted by molar-refractivity contribution is 5.97. The molecule has 1 aromatic heterocycles. The SMILES string of the molecule is O=C(NCc1ccc2c(c1)OCCO2)c1ccccc1-n1cnnn1. The number of para-hydroxylation sites is 1. The molecule has 1 amide bonds. The van der Waals surface area contributed by atoms with Gasteiger partial charge in [0.1, 0.15) is 19.5 Å². The number of hydrogen-bond acceptors (Lipinski definition) is 6. The molecule has 2 aromatic carbocycles. The molecule has 25 heavy (non-hydrogen) atoms. The molecule has 0 radical (unpaired) electrons. The molecule has 0 unspecified atom stereocenters. The maximum absolute atomic E-state index is 12.6. The van der Waals surface area contributed by atoms with Crippen LogP contribution in [0.2, 0.25) is 0 Å². The van der Waals surface area contributed by atoms with Gasteiger partial charge in [0.25, 0.3) is 5.91 Å². The van der Waals surface area contributed by atoms with Gasteiger partial charge in [0.05, 0.1) is 11.3 Å². The second-order valence-corrected chi connectivity index (χ2v) is 5.43. The van der Waals surface area contributed by atoms with Crippen molar-refractivity contribution in [3.8, 4) is 17.2 Å². The van der Waals surface area contributed by atoms with Gasteiger partial charge >= 0.3 is 0 Å². The largest absolute Gasteiger partial charge is 0.486 e. The molecule has 8 heteroatoms. The number of nitrogens with zero attached hydrogens (tertiary/aromatic N) is 4. The maximum Gasteiger partial charge on any atom is 0.253 e. The van der Waals surface area contributed by atoms with E-state index in [1.807, 2.05) is 24.3 Å². The number of rotatable bonds is 4. The summed E-state index contributed by atoms with van der Waals surface area (Å²) in [5, 5.41) is 14.0. The lowest BCUT2D eigenvalue weighted by Gasteiger charge is -2.19. The van der Waals surface area contributed by atoms with E-state index in [1.165, 1.54) is 11.0 Å². The molecule has 126 valence electrons. The lowest BCUT2D eigenvalue weighted by Crippen LogP contribution is -2.24. The van der Waals surface area contributed by atoms with Crippen molar-refractivity contribution in [3.63, 3.8) is 0 Å². The van der Waals surface area contributed by atoms with Crippen LogP contribution < -0.4 is 14.8 Å². The number of amides is 1. The van der Waals surface area contributed by atoms with Gasteiger partial charge in [0.15, 0.2) is 11.5 Å². The van der Waals surface area contributed by atoms with E-state index >= 15 is 0 Å². The standard InChI is InChI=1S/C17H15N5O3/c23-17(13-3-1-2-4-14(13)22-11-19-20-21-22)18-10-12-5-6-15-16(9-12)25-8-7-24-15/h1-6,9,11H,7-8,10H2,(H,18,23). The number of benzene rings is 2. The highest BCUT2D eigenvalue weighted by atomic mass is 16.6. The predicted octanol–water partition coefficient (Wildman–Crippen LogP) is 1.36. The van der Waals surface area contributed by atoms with Crippen molar-refractivity contribution in [2.75, 3.05) is 13.2 Å². The fourth-order valence-electron chi connectivity index (χ4n) is 2.61. The zero-order chi connectivity index (χ0) is 17.1. The first-order valence-corrected chi connectivity index (χ1v) is 7.80. The molecule has 1 N–H and O–H groups in total. The Hall–Kier alpha value is -3.42. The molecule has 8 nitrogen and oxygen atoms in total. The average Bonchev–Trinajstić information content (AvgIpc) is 3.20. The molecule has 0 saturated heterocycles. The van der Waals surface area contributed by atoms with Crippen LogP contribution in [0.5, 0.6) is 11.5 Å². The van der Waals surface area contributed by atoms with E-state index < -0.39 is 0 Å².